The number of carbonyl (C=O) groups is 1. The zero-order chi connectivity index (χ0) is 17.0. The first-order valence-electron chi connectivity index (χ1n) is 6.59. The van der Waals surface area contributed by atoms with E-state index in [9.17, 15) is 23.6 Å². The second kappa shape index (κ2) is 6.46. The number of carboxylic acid groups (broad SMARTS) is 1. The van der Waals surface area contributed by atoms with Gasteiger partial charge in [-0.25, -0.2) is 8.42 Å². The molecule has 2 aromatic rings. The summed E-state index contributed by atoms with van der Waals surface area (Å²) >= 11 is 0. The molecule has 0 heterocycles. The van der Waals surface area contributed by atoms with Crippen LogP contribution in [0.5, 0.6) is 0 Å². The minimum Gasteiger partial charge on any atom is -0.545 e. The highest BCUT2D eigenvalue weighted by Gasteiger charge is 2.20. The summed E-state index contributed by atoms with van der Waals surface area (Å²) in [6.45, 7) is 1.83. The predicted octanol–water partition coefficient (Wildman–Crippen LogP) is 1.70. The van der Waals surface area contributed by atoms with Crippen LogP contribution in [0.15, 0.2) is 58.3 Å². The largest absolute Gasteiger partial charge is 0.545 e. The number of allylic oxidation sites excluding steroid dienone is 1. The lowest BCUT2D eigenvalue weighted by atomic mass is 10.1. The van der Waals surface area contributed by atoms with E-state index in [4.69, 9.17) is 0 Å². The molecular formula is C17H12NO4S-. The number of benzene rings is 2. The Kier molecular flexibility index (Phi) is 4.63. The van der Waals surface area contributed by atoms with Gasteiger partial charge in [0.2, 0.25) is 9.84 Å². The number of aryl methyl sites for hydroxylation is 1. The number of carboxylic acids is 1. The summed E-state index contributed by atoms with van der Waals surface area (Å²) in [6, 6.07) is 13.3. The molecule has 0 bridgehead atoms. The van der Waals surface area contributed by atoms with Gasteiger partial charge in [0.1, 0.15) is 11.0 Å². The van der Waals surface area contributed by atoms with Crippen molar-refractivity contribution in [3.05, 3.63) is 70.1 Å². The first-order chi connectivity index (χ1) is 10.8. The molecule has 116 valence electrons. The van der Waals surface area contributed by atoms with E-state index in [-0.39, 0.29) is 10.5 Å². The molecule has 0 saturated heterocycles. The van der Waals surface area contributed by atoms with Gasteiger partial charge in [-0.3, -0.25) is 0 Å². The average Bonchev–Trinajstić information content (AvgIpc) is 2.53. The topological polar surface area (TPSA) is 98.1 Å². The van der Waals surface area contributed by atoms with Gasteiger partial charge in [-0.2, -0.15) is 5.26 Å². The molecule has 5 nitrogen and oxygen atoms in total. The van der Waals surface area contributed by atoms with Gasteiger partial charge in [-0.15, -0.1) is 0 Å². The van der Waals surface area contributed by atoms with Gasteiger partial charge in [0.25, 0.3) is 0 Å². The highest BCUT2D eigenvalue weighted by atomic mass is 32.2. The third-order valence-electron chi connectivity index (χ3n) is 3.18. The number of hydrogen-bond acceptors (Lipinski definition) is 5. The Morgan fingerprint density at radius 1 is 1.09 bits per heavy atom. The van der Waals surface area contributed by atoms with Crippen LogP contribution in [0.3, 0.4) is 0 Å². The van der Waals surface area contributed by atoms with Crippen LogP contribution in [-0.4, -0.2) is 14.4 Å². The standard InChI is InChI=1S/C17H13NO4S/c1-12-2-8-15(9-3-12)23(21,22)16(11-18)10-13-4-6-14(7-5-13)17(19)20/h2-10H,1H3,(H,19,20)/p-1/b16-10-. The third kappa shape index (κ3) is 3.65. The van der Waals surface area contributed by atoms with Crippen molar-refractivity contribution in [2.75, 3.05) is 0 Å². The highest BCUT2D eigenvalue weighted by Crippen LogP contribution is 2.21. The number of rotatable bonds is 4. The van der Waals surface area contributed by atoms with E-state index < -0.39 is 20.7 Å². The summed E-state index contributed by atoms with van der Waals surface area (Å²) in [5, 5.41) is 19.9. The van der Waals surface area contributed by atoms with Crippen molar-refractivity contribution in [2.24, 2.45) is 0 Å². The van der Waals surface area contributed by atoms with Gasteiger partial charge < -0.3 is 9.90 Å². The molecule has 0 saturated carbocycles. The van der Waals surface area contributed by atoms with Crippen LogP contribution in [-0.2, 0) is 9.84 Å². The second-order valence-electron chi connectivity index (χ2n) is 4.85. The maximum Gasteiger partial charge on any atom is 0.216 e. The second-order valence-corrected chi connectivity index (χ2v) is 6.76. The summed E-state index contributed by atoms with van der Waals surface area (Å²) in [4.78, 5) is 10.3. The molecule has 0 spiro atoms. The Labute approximate surface area is 134 Å². The molecule has 0 fully saturated rings. The maximum atomic E-state index is 12.5. The number of aromatic carboxylic acids is 1. The van der Waals surface area contributed by atoms with Gasteiger partial charge in [0.15, 0.2) is 0 Å². The van der Waals surface area contributed by atoms with Crippen LogP contribution in [0, 0.1) is 18.3 Å². The molecule has 0 atom stereocenters. The van der Waals surface area contributed by atoms with Crippen molar-refractivity contribution in [3.8, 4) is 6.07 Å². The van der Waals surface area contributed by atoms with E-state index in [1.54, 1.807) is 18.2 Å². The van der Waals surface area contributed by atoms with Gasteiger partial charge in [-0.05, 0) is 36.3 Å². The van der Waals surface area contributed by atoms with E-state index in [1.807, 2.05) is 6.92 Å². The number of nitrogens with zero attached hydrogens (tertiary/aromatic N) is 1. The number of sulfone groups is 1. The molecule has 0 N–H and O–H groups in total. The smallest absolute Gasteiger partial charge is 0.216 e. The third-order valence-corrected chi connectivity index (χ3v) is 4.86. The van der Waals surface area contributed by atoms with E-state index in [0.29, 0.717) is 5.56 Å². The van der Waals surface area contributed by atoms with Gasteiger partial charge in [0, 0.05) is 0 Å². The first kappa shape index (κ1) is 16.5. The fraction of sp³-hybridized carbons (Fsp3) is 0.0588. The molecular weight excluding hydrogens is 314 g/mol. The summed E-state index contributed by atoms with van der Waals surface area (Å²) in [7, 11) is -3.92. The van der Waals surface area contributed by atoms with E-state index >= 15 is 0 Å². The average molecular weight is 326 g/mol. The van der Waals surface area contributed by atoms with Gasteiger partial charge >= 0.3 is 0 Å². The van der Waals surface area contributed by atoms with Crippen molar-refractivity contribution >= 4 is 21.9 Å². The Morgan fingerprint density at radius 2 is 1.65 bits per heavy atom. The molecule has 0 aliphatic rings. The van der Waals surface area contributed by atoms with Crippen molar-refractivity contribution in [1.29, 1.82) is 5.26 Å². The SMILES string of the molecule is Cc1ccc(S(=O)(=O)/C(C#N)=C\c2ccc(C(=O)[O-])cc2)cc1. The lowest BCUT2D eigenvalue weighted by Gasteiger charge is -2.05. The van der Waals surface area contributed by atoms with Crippen molar-refractivity contribution in [1.82, 2.24) is 0 Å². The van der Waals surface area contributed by atoms with E-state index in [2.05, 4.69) is 0 Å². The van der Waals surface area contributed by atoms with Gasteiger partial charge in [-0.1, -0.05) is 42.0 Å². The van der Waals surface area contributed by atoms with Crippen molar-refractivity contribution in [3.63, 3.8) is 0 Å². The zero-order valence-electron chi connectivity index (χ0n) is 12.2. The first-order valence-corrected chi connectivity index (χ1v) is 8.08. The molecule has 0 aliphatic carbocycles. The fourth-order valence-electron chi connectivity index (χ4n) is 1.88. The Morgan fingerprint density at radius 3 is 2.13 bits per heavy atom. The van der Waals surface area contributed by atoms with Crippen LogP contribution in [0.2, 0.25) is 0 Å². The molecule has 0 unspecified atom stereocenters. The van der Waals surface area contributed by atoms with Crippen LogP contribution < -0.4 is 5.11 Å². The lowest BCUT2D eigenvalue weighted by Crippen LogP contribution is -2.21. The zero-order valence-corrected chi connectivity index (χ0v) is 13.0. The fourth-order valence-corrected chi connectivity index (χ4v) is 3.04. The molecule has 2 rings (SSSR count). The van der Waals surface area contributed by atoms with E-state index in [0.717, 1.165) is 5.56 Å². The number of hydrogen-bond donors (Lipinski definition) is 0. The molecule has 0 aliphatic heterocycles. The number of nitriles is 1. The number of carbonyl (C=O) groups excluding carboxylic acids is 1. The molecule has 6 heteroatoms. The lowest BCUT2D eigenvalue weighted by molar-refractivity contribution is -0.255. The molecule has 2 aromatic carbocycles. The summed E-state index contributed by atoms with van der Waals surface area (Å²) < 4.78 is 24.9. The minimum atomic E-state index is -3.92. The monoisotopic (exact) mass is 326 g/mol. The van der Waals surface area contributed by atoms with Crippen LogP contribution in [0.1, 0.15) is 21.5 Å². The maximum absolute atomic E-state index is 12.5. The summed E-state index contributed by atoms with van der Waals surface area (Å²) in [6.07, 6.45) is 1.20. The van der Waals surface area contributed by atoms with Gasteiger partial charge in [0.05, 0.1) is 10.9 Å². The molecule has 0 amide bonds. The van der Waals surface area contributed by atoms with Crippen molar-refractivity contribution in [2.45, 2.75) is 11.8 Å². The predicted molar refractivity (Wildman–Crippen MR) is 82.7 cm³/mol. The highest BCUT2D eigenvalue weighted by molar-refractivity contribution is 7.95. The Bertz CT molecular complexity index is 903. The quantitative estimate of drug-likeness (QED) is 0.796. The summed E-state index contributed by atoms with van der Waals surface area (Å²) in [5.41, 5.74) is 1.29. The van der Waals surface area contributed by atoms with Crippen molar-refractivity contribution < 1.29 is 18.3 Å². The Hall–Kier alpha value is -2.91. The molecule has 0 aromatic heterocycles. The normalized spacial score (nSPS) is 11.7. The van der Waals surface area contributed by atoms with Crippen LogP contribution >= 0.6 is 0 Å². The van der Waals surface area contributed by atoms with Crippen LogP contribution in [0.25, 0.3) is 6.08 Å². The minimum absolute atomic E-state index is 0.0259. The molecule has 0 radical (unpaired) electrons. The Balaban J connectivity index is 2.44. The van der Waals surface area contributed by atoms with E-state index in [1.165, 1.54) is 42.5 Å². The van der Waals surface area contributed by atoms with Crippen LogP contribution in [0.4, 0.5) is 0 Å². The molecule has 23 heavy (non-hydrogen) atoms. The summed E-state index contributed by atoms with van der Waals surface area (Å²) in [5.74, 6) is -1.33.